The normalized spacial score (nSPS) is 13.8. The van der Waals surface area contributed by atoms with Crippen molar-refractivity contribution in [3.05, 3.63) is 66.6 Å². The Balaban J connectivity index is 1.66. The third kappa shape index (κ3) is 2.89. The van der Waals surface area contributed by atoms with E-state index in [9.17, 15) is 18.9 Å². The SMILES string of the molecule is Cc1cc2n(c(=O)c1COC(=O)CN=O)Cc1c-2nc2cc(F)c(C)c3c2c1CCC3. The lowest BCUT2D eigenvalue weighted by Gasteiger charge is -2.21. The fourth-order valence-corrected chi connectivity index (χ4v) is 4.85. The molecule has 0 spiro atoms. The standard InChI is InChI=1S/C23H20FN3O4/c1-11-6-19-22-15(9-27(19)23(29)16(11)10-31-20(28)8-25-30)14-5-3-4-13-12(2)17(24)7-18(26-22)21(13)14/h6-7H,3-5,8-10H2,1-2H3. The summed E-state index contributed by atoms with van der Waals surface area (Å²) in [6, 6.07) is 3.35. The molecular formula is C23H20FN3O4. The number of esters is 1. The summed E-state index contributed by atoms with van der Waals surface area (Å²) in [6.45, 7) is 3.16. The molecule has 0 saturated carbocycles. The summed E-state index contributed by atoms with van der Waals surface area (Å²) in [4.78, 5) is 39.7. The molecule has 1 aliphatic carbocycles. The van der Waals surface area contributed by atoms with Gasteiger partial charge in [-0.1, -0.05) is 5.18 Å². The molecule has 2 aliphatic rings. The second-order valence-corrected chi connectivity index (χ2v) is 8.16. The van der Waals surface area contributed by atoms with Crippen molar-refractivity contribution in [3.63, 3.8) is 0 Å². The summed E-state index contributed by atoms with van der Waals surface area (Å²) >= 11 is 0. The third-order valence-corrected chi connectivity index (χ3v) is 6.42. The maximum Gasteiger partial charge on any atom is 0.331 e. The summed E-state index contributed by atoms with van der Waals surface area (Å²) in [5.41, 5.74) is 6.65. The predicted octanol–water partition coefficient (Wildman–Crippen LogP) is 3.48. The Morgan fingerprint density at radius 3 is 2.77 bits per heavy atom. The molecule has 7 nitrogen and oxygen atoms in total. The highest BCUT2D eigenvalue weighted by Gasteiger charge is 2.30. The lowest BCUT2D eigenvalue weighted by Crippen LogP contribution is -2.25. The molecular weight excluding hydrogens is 401 g/mol. The lowest BCUT2D eigenvalue weighted by atomic mass is 9.85. The Labute approximate surface area is 176 Å². The quantitative estimate of drug-likeness (QED) is 0.372. The first-order valence-electron chi connectivity index (χ1n) is 10.2. The largest absolute Gasteiger partial charge is 0.459 e. The van der Waals surface area contributed by atoms with Gasteiger partial charge in [-0.25, -0.2) is 14.2 Å². The van der Waals surface area contributed by atoms with Crippen molar-refractivity contribution in [2.24, 2.45) is 5.18 Å². The molecule has 3 aromatic rings. The highest BCUT2D eigenvalue weighted by molar-refractivity contribution is 5.92. The zero-order valence-corrected chi connectivity index (χ0v) is 17.2. The van der Waals surface area contributed by atoms with E-state index in [0.717, 1.165) is 41.3 Å². The Hall–Kier alpha value is -3.42. The van der Waals surface area contributed by atoms with E-state index in [-0.39, 0.29) is 18.0 Å². The van der Waals surface area contributed by atoms with E-state index in [1.807, 2.05) is 13.0 Å². The van der Waals surface area contributed by atoms with Gasteiger partial charge >= 0.3 is 5.97 Å². The van der Waals surface area contributed by atoms with Gasteiger partial charge in [-0.05, 0) is 61.4 Å². The number of halogens is 1. The van der Waals surface area contributed by atoms with E-state index in [1.165, 1.54) is 6.07 Å². The second-order valence-electron chi connectivity index (χ2n) is 8.16. The molecule has 31 heavy (non-hydrogen) atoms. The molecule has 5 rings (SSSR count). The van der Waals surface area contributed by atoms with Crippen LogP contribution in [0.2, 0.25) is 0 Å². The minimum absolute atomic E-state index is 0.216. The highest BCUT2D eigenvalue weighted by atomic mass is 19.1. The van der Waals surface area contributed by atoms with Gasteiger partial charge in [-0.15, -0.1) is 0 Å². The molecule has 0 bridgehead atoms. The molecule has 0 radical (unpaired) electrons. The molecule has 0 atom stereocenters. The number of ether oxygens (including phenoxy) is 1. The number of rotatable bonds is 4. The molecule has 0 saturated heterocycles. The number of benzene rings is 1. The molecule has 158 valence electrons. The first-order chi connectivity index (χ1) is 14.9. The maximum absolute atomic E-state index is 14.5. The van der Waals surface area contributed by atoms with Crippen LogP contribution in [0.5, 0.6) is 0 Å². The van der Waals surface area contributed by atoms with Gasteiger partial charge in [0.1, 0.15) is 12.4 Å². The van der Waals surface area contributed by atoms with Crippen molar-refractivity contribution < 1.29 is 13.9 Å². The van der Waals surface area contributed by atoms with Gasteiger partial charge in [0.25, 0.3) is 5.56 Å². The van der Waals surface area contributed by atoms with Crippen LogP contribution < -0.4 is 5.56 Å². The number of aryl methyl sites for hydroxylation is 3. The third-order valence-electron chi connectivity index (χ3n) is 6.42. The van der Waals surface area contributed by atoms with Crippen molar-refractivity contribution in [1.29, 1.82) is 0 Å². The summed E-state index contributed by atoms with van der Waals surface area (Å²) in [5, 5.41) is 3.53. The van der Waals surface area contributed by atoms with Crippen LogP contribution in [-0.4, -0.2) is 22.1 Å². The van der Waals surface area contributed by atoms with Crippen molar-refractivity contribution in [1.82, 2.24) is 9.55 Å². The lowest BCUT2D eigenvalue weighted by molar-refractivity contribution is -0.143. The summed E-state index contributed by atoms with van der Waals surface area (Å²) in [6.07, 6.45) is 2.62. The fourth-order valence-electron chi connectivity index (χ4n) is 4.85. The zero-order chi connectivity index (χ0) is 21.9. The molecule has 2 aromatic heterocycles. The number of fused-ring (bicyclic) bond motifs is 4. The maximum atomic E-state index is 14.5. The van der Waals surface area contributed by atoms with E-state index >= 15 is 0 Å². The molecule has 0 fully saturated rings. The molecule has 1 aromatic carbocycles. The Kier molecular flexibility index (Phi) is 4.46. The highest BCUT2D eigenvalue weighted by Crippen LogP contribution is 2.41. The molecule has 8 heteroatoms. The van der Waals surface area contributed by atoms with Crippen LogP contribution in [0, 0.1) is 24.6 Å². The second kappa shape index (κ2) is 7.08. The van der Waals surface area contributed by atoms with Crippen LogP contribution in [0.15, 0.2) is 22.1 Å². The van der Waals surface area contributed by atoms with Crippen LogP contribution in [0.3, 0.4) is 0 Å². The van der Waals surface area contributed by atoms with Gasteiger partial charge in [0.05, 0.1) is 29.0 Å². The van der Waals surface area contributed by atoms with Gasteiger partial charge in [-0.3, -0.25) is 4.79 Å². The van der Waals surface area contributed by atoms with E-state index in [1.54, 1.807) is 11.5 Å². The fraction of sp³-hybridized carbons (Fsp3) is 0.348. The number of nitroso groups, excluding NO2 is 1. The van der Waals surface area contributed by atoms with Crippen LogP contribution in [0.1, 0.15) is 39.8 Å². The van der Waals surface area contributed by atoms with E-state index in [4.69, 9.17) is 9.72 Å². The van der Waals surface area contributed by atoms with E-state index in [0.29, 0.717) is 40.1 Å². The molecule has 3 heterocycles. The van der Waals surface area contributed by atoms with Crippen LogP contribution in [0.25, 0.3) is 22.3 Å². The number of hydrogen-bond acceptors (Lipinski definition) is 6. The van der Waals surface area contributed by atoms with E-state index < -0.39 is 12.5 Å². The first-order valence-corrected chi connectivity index (χ1v) is 10.2. The zero-order valence-electron chi connectivity index (χ0n) is 17.2. The van der Waals surface area contributed by atoms with Gasteiger partial charge in [0.15, 0.2) is 6.54 Å². The van der Waals surface area contributed by atoms with Crippen molar-refractivity contribution in [3.8, 4) is 11.4 Å². The van der Waals surface area contributed by atoms with Crippen molar-refractivity contribution in [2.45, 2.75) is 46.3 Å². The number of aromatic nitrogens is 2. The summed E-state index contributed by atoms with van der Waals surface area (Å²) in [7, 11) is 0. The molecule has 1 aliphatic heterocycles. The minimum Gasteiger partial charge on any atom is -0.459 e. The Morgan fingerprint density at radius 1 is 1.23 bits per heavy atom. The average molecular weight is 421 g/mol. The van der Waals surface area contributed by atoms with Gasteiger partial charge in [0, 0.05) is 17.0 Å². The van der Waals surface area contributed by atoms with Crippen LogP contribution in [0.4, 0.5) is 4.39 Å². The monoisotopic (exact) mass is 421 g/mol. The number of carbonyl (C=O) groups is 1. The van der Waals surface area contributed by atoms with Gasteiger partial charge in [0.2, 0.25) is 0 Å². The Morgan fingerprint density at radius 2 is 2.00 bits per heavy atom. The van der Waals surface area contributed by atoms with Gasteiger partial charge in [-0.2, -0.15) is 4.91 Å². The first kappa shape index (κ1) is 19.5. The predicted molar refractivity (Wildman–Crippen MR) is 112 cm³/mol. The molecule has 0 N–H and O–H groups in total. The number of nitrogens with zero attached hydrogens (tertiary/aromatic N) is 3. The number of hydrogen-bond donors (Lipinski definition) is 0. The summed E-state index contributed by atoms with van der Waals surface area (Å²) < 4.78 is 21.2. The van der Waals surface area contributed by atoms with E-state index in [2.05, 4.69) is 5.18 Å². The van der Waals surface area contributed by atoms with Crippen molar-refractivity contribution in [2.75, 3.05) is 6.54 Å². The Bertz CT molecular complexity index is 1360. The number of pyridine rings is 2. The van der Waals surface area contributed by atoms with Crippen molar-refractivity contribution >= 4 is 16.9 Å². The summed E-state index contributed by atoms with van der Waals surface area (Å²) in [5.74, 6) is -1.03. The average Bonchev–Trinajstić information content (AvgIpc) is 3.11. The minimum atomic E-state index is -0.773. The van der Waals surface area contributed by atoms with Crippen LogP contribution in [-0.2, 0) is 35.5 Å². The molecule has 0 unspecified atom stereocenters. The topological polar surface area (TPSA) is 90.6 Å². The van der Waals surface area contributed by atoms with Gasteiger partial charge < -0.3 is 9.30 Å². The smallest absolute Gasteiger partial charge is 0.331 e. The number of carbonyl (C=O) groups excluding carboxylic acids is 1. The van der Waals surface area contributed by atoms with Crippen LogP contribution >= 0.6 is 0 Å². The molecule has 0 amide bonds.